The van der Waals surface area contributed by atoms with Gasteiger partial charge in [0.1, 0.15) is 17.4 Å². The highest BCUT2D eigenvalue weighted by atomic mass is 16.6. The lowest BCUT2D eigenvalue weighted by molar-refractivity contribution is -0.139. The Morgan fingerprint density at radius 3 is 2.36 bits per heavy atom. The van der Waals surface area contributed by atoms with E-state index >= 15 is 0 Å². The molecule has 0 aliphatic heterocycles. The van der Waals surface area contributed by atoms with Crippen LogP contribution in [0.3, 0.4) is 0 Å². The lowest BCUT2D eigenvalue weighted by Crippen LogP contribution is -2.53. The van der Waals surface area contributed by atoms with Gasteiger partial charge in [-0.3, -0.25) is 14.5 Å². The molecule has 2 unspecified atom stereocenters. The summed E-state index contributed by atoms with van der Waals surface area (Å²) in [5.74, 6) is -1.27. The number of phenols is 1. The van der Waals surface area contributed by atoms with Crippen molar-refractivity contribution in [3.63, 3.8) is 0 Å². The van der Waals surface area contributed by atoms with Gasteiger partial charge in [0.2, 0.25) is 5.91 Å². The molecule has 1 fully saturated rings. The van der Waals surface area contributed by atoms with Gasteiger partial charge in [-0.2, -0.15) is 0 Å². The van der Waals surface area contributed by atoms with Gasteiger partial charge in [-0.1, -0.05) is 74.2 Å². The minimum absolute atomic E-state index is 0.0459. The lowest BCUT2D eigenvalue weighted by Gasteiger charge is -2.32. The van der Waals surface area contributed by atoms with Crippen LogP contribution in [0.1, 0.15) is 75.6 Å². The molecule has 0 spiro atoms. The van der Waals surface area contributed by atoms with Crippen LogP contribution in [0.4, 0.5) is 4.79 Å². The maximum Gasteiger partial charge on any atom is 0.408 e. The molecule has 2 aromatic carbocycles. The van der Waals surface area contributed by atoms with E-state index in [0.717, 1.165) is 42.6 Å². The van der Waals surface area contributed by atoms with E-state index in [1.807, 2.05) is 30.3 Å². The zero-order valence-corrected chi connectivity index (χ0v) is 23.2. The van der Waals surface area contributed by atoms with Gasteiger partial charge >= 0.3 is 6.09 Å². The molecule has 208 valence electrons. The van der Waals surface area contributed by atoms with Crippen molar-refractivity contribution in [1.82, 2.24) is 15.5 Å². The Morgan fingerprint density at radius 2 is 1.74 bits per heavy atom. The van der Waals surface area contributed by atoms with Crippen LogP contribution in [0.15, 0.2) is 48.5 Å². The van der Waals surface area contributed by atoms with Gasteiger partial charge in [-0.05, 0) is 51.7 Å². The number of alkyl carbamates (subject to hydrolysis) is 1. The molecular formula is C31H39N3O5. The van der Waals surface area contributed by atoms with Gasteiger partial charge in [0, 0.05) is 24.1 Å². The highest BCUT2D eigenvalue weighted by Crippen LogP contribution is 2.32. The number of benzene rings is 2. The monoisotopic (exact) mass is 533 g/mol. The average molecular weight is 534 g/mol. The lowest BCUT2D eigenvalue weighted by atomic mass is 9.94. The summed E-state index contributed by atoms with van der Waals surface area (Å²) in [5, 5.41) is 16.6. The number of hydrogen-bond acceptors (Lipinski definition) is 5. The first-order chi connectivity index (χ1) is 18.5. The Labute approximate surface area is 231 Å². The Kier molecular flexibility index (Phi) is 10.00. The summed E-state index contributed by atoms with van der Waals surface area (Å²) in [6, 6.07) is 14.0. The largest absolute Gasteiger partial charge is 0.507 e. The highest BCUT2D eigenvalue weighted by molar-refractivity contribution is 5.94. The number of para-hydroxylation sites is 1. The third-order valence-corrected chi connectivity index (χ3v) is 6.67. The standard InChI is InChI=1S/C31H39N3O5/c1-6-34(29(37)25(20-22-15-9-7-10-16-22)33-30(38)39-31(3,4)5)26(24-19-13-14-21(2)27(24)35)28(36)32-23-17-11-8-12-18-23/h1,7,9-10,13-16,19,23,25-26,35H,8,11-12,17-18,20H2,2-5H3,(H,32,36)(H,33,38). The Balaban J connectivity index is 1.99. The zero-order chi connectivity index (χ0) is 28.6. The number of amides is 3. The first-order valence-corrected chi connectivity index (χ1v) is 13.4. The molecule has 0 heterocycles. The maximum atomic E-state index is 14.0. The fraction of sp³-hybridized carbons (Fsp3) is 0.452. The Bertz CT molecular complexity index is 1190. The molecule has 1 aliphatic carbocycles. The topological polar surface area (TPSA) is 108 Å². The first-order valence-electron chi connectivity index (χ1n) is 13.4. The van der Waals surface area contributed by atoms with Crippen molar-refractivity contribution < 1.29 is 24.2 Å². The van der Waals surface area contributed by atoms with E-state index < -0.39 is 35.6 Å². The van der Waals surface area contributed by atoms with Gasteiger partial charge in [0.15, 0.2) is 6.04 Å². The number of carbonyl (C=O) groups excluding carboxylic acids is 3. The van der Waals surface area contributed by atoms with E-state index in [1.165, 1.54) is 0 Å². The van der Waals surface area contributed by atoms with Crippen LogP contribution in [0.5, 0.6) is 5.75 Å². The van der Waals surface area contributed by atoms with Gasteiger partial charge in [0.05, 0.1) is 0 Å². The molecule has 3 N–H and O–H groups in total. The van der Waals surface area contributed by atoms with E-state index in [9.17, 15) is 19.5 Å². The van der Waals surface area contributed by atoms with Crippen LogP contribution in [-0.2, 0) is 20.7 Å². The highest BCUT2D eigenvalue weighted by Gasteiger charge is 2.38. The number of nitrogens with zero attached hydrogens (tertiary/aromatic N) is 1. The van der Waals surface area contributed by atoms with Crippen molar-refractivity contribution in [2.45, 2.75) is 89.9 Å². The Morgan fingerprint density at radius 1 is 1.08 bits per heavy atom. The fourth-order valence-electron chi connectivity index (χ4n) is 4.76. The molecule has 1 saturated carbocycles. The predicted molar refractivity (Wildman–Crippen MR) is 150 cm³/mol. The summed E-state index contributed by atoms with van der Waals surface area (Å²) in [6.45, 7) is 6.88. The summed E-state index contributed by atoms with van der Waals surface area (Å²) in [4.78, 5) is 41.5. The zero-order valence-electron chi connectivity index (χ0n) is 23.2. The van der Waals surface area contributed by atoms with Crippen LogP contribution < -0.4 is 10.6 Å². The summed E-state index contributed by atoms with van der Waals surface area (Å²) < 4.78 is 5.41. The number of carbonyl (C=O) groups is 3. The molecule has 3 rings (SSSR count). The van der Waals surface area contributed by atoms with Crippen LogP contribution in [0, 0.1) is 19.4 Å². The molecule has 0 radical (unpaired) electrons. The molecule has 8 heteroatoms. The van der Waals surface area contributed by atoms with Crippen LogP contribution in [-0.4, -0.2) is 45.6 Å². The van der Waals surface area contributed by atoms with Gasteiger partial charge in [-0.15, -0.1) is 0 Å². The van der Waals surface area contributed by atoms with E-state index in [2.05, 4.69) is 16.7 Å². The number of phenolic OH excluding ortho intramolecular Hbond substituents is 1. The third-order valence-electron chi connectivity index (χ3n) is 6.67. The minimum Gasteiger partial charge on any atom is -0.507 e. The van der Waals surface area contributed by atoms with Crippen molar-refractivity contribution >= 4 is 17.9 Å². The quantitative estimate of drug-likeness (QED) is 0.335. The Hall–Kier alpha value is -3.99. The van der Waals surface area contributed by atoms with Crippen LogP contribution >= 0.6 is 0 Å². The molecule has 0 saturated heterocycles. The summed E-state index contributed by atoms with van der Waals surface area (Å²) >= 11 is 0. The number of rotatable bonds is 8. The SMILES string of the molecule is C#CN(C(=O)C(Cc1ccccc1)NC(=O)OC(C)(C)C)C(C(=O)NC1CCCCC1)c1cccc(C)c1O. The van der Waals surface area contributed by atoms with Gasteiger partial charge in [0.25, 0.3) is 5.91 Å². The van der Waals surface area contributed by atoms with Crippen molar-refractivity contribution in [2.75, 3.05) is 0 Å². The molecule has 0 bridgehead atoms. The molecule has 3 amide bonds. The van der Waals surface area contributed by atoms with Crippen LogP contribution in [0.2, 0.25) is 0 Å². The second-order valence-electron chi connectivity index (χ2n) is 11.0. The first kappa shape index (κ1) is 29.6. The predicted octanol–water partition coefficient (Wildman–Crippen LogP) is 4.75. The smallest absolute Gasteiger partial charge is 0.408 e. The van der Waals surface area contributed by atoms with E-state index in [1.54, 1.807) is 45.9 Å². The van der Waals surface area contributed by atoms with Crippen LogP contribution in [0.25, 0.3) is 0 Å². The maximum absolute atomic E-state index is 14.0. The molecule has 2 aromatic rings. The normalized spacial score (nSPS) is 15.4. The second kappa shape index (κ2) is 13.2. The molecule has 2 atom stereocenters. The number of nitrogens with one attached hydrogen (secondary N) is 2. The fourth-order valence-corrected chi connectivity index (χ4v) is 4.76. The number of aromatic hydroxyl groups is 1. The molecule has 39 heavy (non-hydrogen) atoms. The molecule has 1 aliphatic rings. The molecule has 8 nitrogen and oxygen atoms in total. The van der Waals surface area contributed by atoms with Crippen molar-refractivity contribution in [2.24, 2.45) is 0 Å². The number of hydrogen-bond donors (Lipinski definition) is 3. The summed E-state index contributed by atoms with van der Waals surface area (Å²) in [5.41, 5.74) is 0.752. The summed E-state index contributed by atoms with van der Waals surface area (Å²) in [7, 11) is 0. The van der Waals surface area contributed by atoms with Crippen molar-refractivity contribution in [3.8, 4) is 18.2 Å². The molecular weight excluding hydrogens is 494 g/mol. The minimum atomic E-state index is -1.30. The second-order valence-corrected chi connectivity index (χ2v) is 11.0. The number of aryl methyl sites for hydroxylation is 1. The van der Waals surface area contributed by atoms with E-state index in [0.29, 0.717) is 5.56 Å². The average Bonchev–Trinajstić information content (AvgIpc) is 2.88. The number of terminal acetylenes is 1. The van der Waals surface area contributed by atoms with E-state index in [4.69, 9.17) is 11.2 Å². The number of ether oxygens (including phenoxy) is 1. The molecule has 0 aromatic heterocycles. The van der Waals surface area contributed by atoms with E-state index in [-0.39, 0.29) is 23.8 Å². The van der Waals surface area contributed by atoms with Gasteiger partial charge < -0.3 is 20.5 Å². The van der Waals surface area contributed by atoms with Crippen molar-refractivity contribution in [3.05, 3.63) is 65.2 Å². The summed E-state index contributed by atoms with van der Waals surface area (Å²) in [6.07, 6.45) is 10.0. The van der Waals surface area contributed by atoms with Crippen molar-refractivity contribution in [1.29, 1.82) is 0 Å². The van der Waals surface area contributed by atoms with Gasteiger partial charge in [-0.25, -0.2) is 4.79 Å². The third kappa shape index (κ3) is 8.25.